The lowest BCUT2D eigenvalue weighted by Gasteiger charge is -2.21. The Labute approximate surface area is 116 Å². The highest BCUT2D eigenvalue weighted by Gasteiger charge is 2.08. The monoisotopic (exact) mass is 254 g/mol. The highest BCUT2D eigenvalue weighted by Crippen LogP contribution is 2.14. The van der Waals surface area contributed by atoms with Crippen LogP contribution in [0.4, 0.5) is 0 Å². The summed E-state index contributed by atoms with van der Waals surface area (Å²) in [5.41, 5.74) is 2.70. The molecule has 1 aromatic carbocycles. The second-order valence-electron chi connectivity index (χ2n) is 4.68. The number of hydrogen-bond donors (Lipinski definition) is 0. The predicted octanol–water partition coefficient (Wildman–Crippen LogP) is 3.81. The van der Waals surface area contributed by atoms with Gasteiger partial charge >= 0.3 is 0 Å². The van der Waals surface area contributed by atoms with Crippen molar-refractivity contribution in [1.82, 2.24) is 4.90 Å². The molecule has 1 aliphatic heterocycles. The first kappa shape index (κ1) is 13.6. The van der Waals surface area contributed by atoms with E-state index in [1.807, 2.05) is 6.20 Å². The Morgan fingerprint density at radius 3 is 2.53 bits per heavy atom. The first-order valence-electron chi connectivity index (χ1n) is 7.04. The SMILES string of the molecule is CCN(CC)C1=NC=CC(Cc2ccccc2)=CC1. The minimum atomic E-state index is 0.927. The molecule has 0 aliphatic carbocycles. The molecule has 0 radical (unpaired) electrons. The number of rotatable bonds is 4. The van der Waals surface area contributed by atoms with E-state index < -0.39 is 0 Å². The molecule has 0 N–H and O–H groups in total. The van der Waals surface area contributed by atoms with Crippen LogP contribution in [0.3, 0.4) is 0 Å². The Kier molecular flexibility index (Phi) is 4.96. The van der Waals surface area contributed by atoms with Gasteiger partial charge in [0.25, 0.3) is 0 Å². The molecule has 0 bridgehead atoms. The molecular formula is C17H22N2. The molecule has 0 saturated carbocycles. The van der Waals surface area contributed by atoms with Crippen molar-refractivity contribution in [1.29, 1.82) is 0 Å². The second kappa shape index (κ2) is 6.93. The average Bonchev–Trinajstić information content (AvgIpc) is 2.68. The summed E-state index contributed by atoms with van der Waals surface area (Å²) < 4.78 is 0. The van der Waals surface area contributed by atoms with Gasteiger partial charge in [0.1, 0.15) is 5.84 Å². The second-order valence-corrected chi connectivity index (χ2v) is 4.68. The lowest BCUT2D eigenvalue weighted by Crippen LogP contribution is -2.29. The molecule has 1 aliphatic rings. The van der Waals surface area contributed by atoms with E-state index in [9.17, 15) is 0 Å². The maximum Gasteiger partial charge on any atom is 0.108 e. The Morgan fingerprint density at radius 2 is 1.84 bits per heavy atom. The topological polar surface area (TPSA) is 15.6 Å². The largest absolute Gasteiger partial charge is 0.360 e. The van der Waals surface area contributed by atoms with Gasteiger partial charge in [0.2, 0.25) is 0 Å². The Morgan fingerprint density at radius 1 is 1.11 bits per heavy atom. The van der Waals surface area contributed by atoms with E-state index in [2.05, 4.69) is 66.2 Å². The van der Waals surface area contributed by atoms with Crippen molar-refractivity contribution in [2.45, 2.75) is 26.7 Å². The minimum Gasteiger partial charge on any atom is -0.360 e. The number of nitrogens with zero attached hydrogens (tertiary/aromatic N) is 2. The maximum absolute atomic E-state index is 4.57. The van der Waals surface area contributed by atoms with Gasteiger partial charge in [0.05, 0.1) is 0 Å². The van der Waals surface area contributed by atoms with Gasteiger partial charge in [-0.2, -0.15) is 0 Å². The van der Waals surface area contributed by atoms with Crippen LogP contribution < -0.4 is 0 Å². The molecule has 0 unspecified atom stereocenters. The summed E-state index contributed by atoms with van der Waals surface area (Å²) in [6.07, 6.45) is 8.28. The van der Waals surface area contributed by atoms with Crippen molar-refractivity contribution in [3.63, 3.8) is 0 Å². The number of hydrogen-bond acceptors (Lipinski definition) is 2. The average molecular weight is 254 g/mol. The summed E-state index contributed by atoms with van der Waals surface area (Å²) in [4.78, 5) is 6.88. The predicted molar refractivity (Wildman–Crippen MR) is 82.3 cm³/mol. The molecule has 2 rings (SSSR count). The summed E-state index contributed by atoms with van der Waals surface area (Å²) in [5, 5.41) is 0. The number of aliphatic imine (C=N–C) groups is 1. The van der Waals surface area contributed by atoms with Gasteiger partial charge in [0, 0.05) is 25.7 Å². The van der Waals surface area contributed by atoms with Crippen molar-refractivity contribution in [2.75, 3.05) is 13.1 Å². The van der Waals surface area contributed by atoms with Crippen LogP contribution in [0.5, 0.6) is 0 Å². The molecule has 0 aromatic heterocycles. The van der Waals surface area contributed by atoms with Crippen LogP contribution >= 0.6 is 0 Å². The first-order valence-corrected chi connectivity index (χ1v) is 7.04. The summed E-state index contributed by atoms with van der Waals surface area (Å²) in [5.74, 6) is 1.17. The summed E-state index contributed by atoms with van der Waals surface area (Å²) in [6, 6.07) is 10.6. The van der Waals surface area contributed by atoms with Crippen LogP contribution in [0.15, 0.2) is 59.2 Å². The van der Waals surface area contributed by atoms with Gasteiger partial charge in [-0.1, -0.05) is 36.4 Å². The molecule has 2 heteroatoms. The van der Waals surface area contributed by atoms with Crippen LogP contribution in [-0.2, 0) is 6.42 Å². The zero-order valence-corrected chi connectivity index (χ0v) is 11.8. The molecule has 1 aromatic rings. The van der Waals surface area contributed by atoms with Gasteiger partial charge in [-0.25, -0.2) is 4.99 Å². The summed E-state index contributed by atoms with van der Waals surface area (Å²) in [7, 11) is 0. The van der Waals surface area contributed by atoms with Crippen LogP contribution in [-0.4, -0.2) is 23.8 Å². The molecule has 19 heavy (non-hydrogen) atoms. The third kappa shape index (κ3) is 3.82. The van der Waals surface area contributed by atoms with Crippen molar-refractivity contribution in [3.8, 4) is 0 Å². The van der Waals surface area contributed by atoms with Crippen molar-refractivity contribution in [3.05, 3.63) is 59.8 Å². The van der Waals surface area contributed by atoms with Crippen molar-refractivity contribution >= 4 is 5.84 Å². The minimum absolute atomic E-state index is 0.927. The van der Waals surface area contributed by atoms with E-state index in [1.54, 1.807) is 0 Å². The lowest BCUT2D eigenvalue weighted by atomic mass is 10.0. The van der Waals surface area contributed by atoms with E-state index in [-0.39, 0.29) is 0 Å². The third-order valence-electron chi connectivity index (χ3n) is 3.44. The fraction of sp³-hybridized carbons (Fsp3) is 0.353. The van der Waals surface area contributed by atoms with Gasteiger partial charge < -0.3 is 4.90 Å². The van der Waals surface area contributed by atoms with Crippen molar-refractivity contribution < 1.29 is 0 Å². The molecule has 0 saturated heterocycles. The van der Waals surface area contributed by atoms with Gasteiger partial charge in [-0.15, -0.1) is 0 Å². The number of allylic oxidation sites excluding steroid dienone is 2. The smallest absolute Gasteiger partial charge is 0.108 e. The van der Waals surface area contributed by atoms with Gasteiger partial charge in [-0.3, -0.25) is 0 Å². The fourth-order valence-electron chi connectivity index (χ4n) is 2.32. The summed E-state index contributed by atoms with van der Waals surface area (Å²) >= 11 is 0. The Hall–Kier alpha value is -1.83. The molecular weight excluding hydrogens is 232 g/mol. The lowest BCUT2D eigenvalue weighted by molar-refractivity contribution is 0.459. The molecule has 100 valence electrons. The van der Waals surface area contributed by atoms with E-state index in [1.165, 1.54) is 17.0 Å². The zero-order valence-electron chi connectivity index (χ0n) is 11.8. The van der Waals surface area contributed by atoms with Crippen LogP contribution in [0.25, 0.3) is 0 Å². The maximum atomic E-state index is 4.57. The van der Waals surface area contributed by atoms with E-state index >= 15 is 0 Å². The third-order valence-corrected chi connectivity index (χ3v) is 3.44. The molecule has 0 fully saturated rings. The van der Waals surface area contributed by atoms with Gasteiger partial charge in [0.15, 0.2) is 0 Å². The highest BCUT2D eigenvalue weighted by molar-refractivity contribution is 5.84. The Balaban J connectivity index is 2.04. The van der Waals surface area contributed by atoms with Crippen molar-refractivity contribution in [2.24, 2.45) is 4.99 Å². The molecule has 0 spiro atoms. The normalized spacial score (nSPS) is 14.6. The fourth-order valence-corrected chi connectivity index (χ4v) is 2.32. The Bertz CT molecular complexity index is 479. The quantitative estimate of drug-likeness (QED) is 0.797. The van der Waals surface area contributed by atoms with E-state index in [4.69, 9.17) is 0 Å². The number of amidine groups is 1. The highest BCUT2D eigenvalue weighted by atomic mass is 15.2. The molecule has 1 heterocycles. The van der Waals surface area contributed by atoms with Gasteiger partial charge in [-0.05, 0) is 37.5 Å². The van der Waals surface area contributed by atoms with Crippen LogP contribution in [0.2, 0.25) is 0 Å². The van der Waals surface area contributed by atoms with E-state index in [0.717, 1.165) is 25.9 Å². The van der Waals surface area contributed by atoms with E-state index in [0.29, 0.717) is 0 Å². The van der Waals surface area contributed by atoms with Crippen LogP contribution in [0.1, 0.15) is 25.8 Å². The molecule has 2 nitrogen and oxygen atoms in total. The molecule has 0 amide bonds. The standard InChI is InChI=1S/C17H22N2/c1-3-19(4-2)17-11-10-16(12-13-18-17)14-15-8-6-5-7-9-15/h5-10,12-13H,3-4,11,14H2,1-2H3. The van der Waals surface area contributed by atoms with Crippen LogP contribution in [0, 0.1) is 0 Å². The summed E-state index contributed by atoms with van der Waals surface area (Å²) in [6.45, 7) is 6.39. The first-order chi connectivity index (χ1) is 9.33. The number of benzene rings is 1. The zero-order chi connectivity index (χ0) is 13.5. The molecule has 0 atom stereocenters.